The minimum atomic E-state index is -3.66. The van der Waals surface area contributed by atoms with Gasteiger partial charge in [0, 0.05) is 20.2 Å². The lowest BCUT2D eigenvalue weighted by atomic mass is 10.0. The number of rotatable bonds is 10. The third-order valence-electron chi connectivity index (χ3n) is 4.27. The van der Waals surface area contributed by atoms with Crippen molar-refractivity contribution in [1.29, 1.82) is 0 Å². The number of carbonyl (C=O) groups excluding carboxylic acids is 1. The summed E-state index contributed by atoms with van der Waals surface area (Å²) in [5.41, 5.74) is 0.645. The fourth-order valence-electron chi connectivity index (χ4n) is 2.85. The van der Waals surface area contributed by atoms with Crippen LogP contribution < -0.4 is 4.72 Å². The number of nitrogens with zero attached hydrogens (tertiary/aromatic N) is 1. The normalized spacial score (nSPS) is 16.4. The molecule has 0 spiro atoms. The van der Waals surface area contributed by atoms with E-state index in [1.165, 1.54) is 0 Å². The van der Waals surface area contributed by atoms with Gasteiger partial charge in [-0.15, -0.1) is 0 Å². The molecular formula is C18H28N2O5S. The number of methoxy groups -OCH3 is 1. The van der Waals surface area contributed by atoms with Crippen molar-refractivity contribution in [1.82, 2.24) is 9.62 Å². The molecule has 1 saturated heterocycles. The Bertz CT molecular complexity index is 645. The van der Waals surface area contributed by atoms with Crippen molar-refractivity contribution in [2.75, 3.05) is 45.8 Å². The molecule has 1 aliphatic heterocycles. The van der Waals surface area contributed by atoms with Crippen molar-refractivity contribution in [3.8, 4) is 0 Å². The highest BCUT2D eigenvalue weighted by molar-refractivity contribution is 7.89. The zero-order valence-corrected chi connectivity index (χ0v) is 16.0. The number of ether oxygens (including phenoxy) is 2. The largest absolute Gasteiger partial charge is 0.382 e. The second-order valence-electron chi connectivity index (χ2n) is 6.27. The van der Waals surface area contributed by atoms with Gasteiger partial charge in [0.1, 0.15) is 6.04 Å². The van der Waals surface area contributed by atoms with Crippen LogP contribution in [-0.4, -0.2) is 65.0 Å². The van der Waals surface area contributed by atoms with Crippen LogP contribution in [0.15, 0.2) is 30.3 Å². The van der Waals surface area contributed by atoms with Crippen molar-refractivity contribution in [3.63, 3.8) is 0 Å². The van der Waals surface area contributed by atoms with Crippen molar-refractivity contribution in [2.24, 2.45) is 0 Å². The Hall–Kier alpha value is -1.48. The second-order valence-corrected chi connectivity index (χ2v) is 8.14. The molecule has 1 N–H and O–H groups in total. The number of piperidine rings is 1. The number of carbonyl (C=O) groups is 1. The van der Waals surface area contributed by atoms with Crippen LogP contribution in [0.4, 0.5) is 0 Å². The summed E-state index contributed by atoms with van der Waals surface area (Å²) in [5.74, 6) is -0.396. The van der Waals surface area contributed by atoms with Gasteiger partial charge in [-0.1, -0.05) is 30.3 Å². The van der Waals surface area contributed by atoms with E-state index in [0.717, 1.165) is 19.3 Å². The number of hydrogen-bond acceptors (Lipinski definition) is 5. The fourth-order valence-corrected chi connectivity index (χ4v) is 3.91. The van der Waals surface area contributed by atoms with Crippen molar-refractivity contribution >= 4 is 15.9 Å². The van der Waals surface area contributed by atoms with Gasteiger partial charge in [-0.3, -0.25) is 4.79 Å². The number of likely N-dealkylation sites (tertiary alicyclic amines) is 1. The first-order valence-electron chi connectivity index (χ1n) is 8.94. The molecule has 1 aromatic carbocycles. The Morgan fingerprint density at radius 1 is 1.12 bits per heavy atom. The van der Waals surface area contributed by atoms with Gasteiger partial charge in [0.2, 0.25) is 15.9 Å². The lowest BCUT2D eigenvalue weighted by Gasteiger charge is -2.30. The van der Waals surface area contributed by atoms with E-state index >= 15 is 0 Å². The Morgan fingerprint density at radius 2 is 1.81 bits per heavy atom. The summed E-state index contributed by atoms with van der Waals surface area (Å²) in [5, 5.41) is 0. The summed E-state index contributed by atoms with van der Waals surface area (Å²) < 4.78 is 37.5. The van der Waals surface area contributed by atoms with Gasteiger partial charge in [-0.05, 0) is 24.8 Å². The third kappa shape index (κ3) is 6.68. The van der Waals surface area contributed by atoms with E-state index in [0.29, 0.717) is 31.9 Å². The molecule has 1 aliphatic rings. The number of sulfonamides is 1. The average molecular weight is 384 g/mol. The SMILES string of the molecule is COCCOCCS(=O)(=O)NC(C(=O)N1CCCCC1)c1ccccc1. The topological polar surface area (TPSA) is 84.9 Å². The van der Waals surface area contributed by atoms with Crippen molar-refractivity contribution < 1.29 is 22.7 Å². The standard InChI is InChI=1S/C18H28N2O5S/c1-24-12-13-25-14-15-26(22,23)19-17(16-8-4-2-5-9-16)18(21)20-10-6-3-7-11-20/h2,4-5,8-9,17,19H,3,6-7,10-15H2,1H3. The lowest BCUT2D eigenvalue weighted by molar-refractivity contribution is -0.134. The zero-order valence-electron chi connectivity index (χ0n) is 15.2. The molecule has 0 saturated carbocycles. The summed E-state index contributed by atoms with van der Waals surface area (Å²) in [6, 6.07) is 8.07. The number of hydrogen-bond donors (Lipinski definition) is 1. The third-order valence-corrected chi connectivity index (χ3v) is 5.57. The van der Waals surface area contributed by atoms with E-state index < -0.39 is 16.1 Å². The maximum Gasteiger partial charge on any atom is 0.245 e. The Morgan fingerprint density at radius 3 is 2.46 bits per heavy atom. The molecule has 146 valence electrons. The fraction of sp³-hybridized carbons (Fsp3) is 0.611. The Kier molecular flexibility index (Phi) is 8.50. The molecule has 8 heteroatoms. The number of nitrogens with one attached hydrogen (secondary N) is 1. The summed E-state index contributed by atoms with van der Waals surface area (Å²) >= 11 is 0. The first-order valence-corrected chi connectivity index (χ1v) is 10.6. The maximum atomic E-state index is 12.9. The molecule has 1 atom stereocenters. The second kappa shape index (κ2) is 10.6. The molecule has 1 amide bonds. The Labute approximate surface area is 155 Å². The van der Waals surface area contributed by atoms with Crippen molar-refractivity contribution in [3.05, 3.63) is 35.9 Å². The molecule has 1 fully saturated rings. The molecule has 2 rings (SSSR count). The van der Waals surface area contributed by atoms with Crippen LogP contribution >= 0.6 is 0 Å². The van der Waals surface area contributed by atoms with E-state index in [-0.39, 0.29) is 18.3 Å². The van der Waals surface area contributed by atoms with E-state index in [1.54, 1.807) is 36.3 Å². The summed E-state index contributed by atoms with van der Waals surface area (Å²) in [6.45, 7) is 2.14. The highest BCUT2D eigenvalue weighted by atomic mass is 32.2. The Balaban J connectivity index is 2.05. The minimum absolute atomic E-state index is 0.0537. The van der Waals surface area contributed by atoms with Crippen LogP contribution in [0.1, 0.15) is 30.9 Å². The summed E-state index contributed by atoms with van der Waals surface area (Å²) in [7, 11) is -2.11. The van der Waals surface area contributed by atoms with Crippen LogP contribution in [0.25, 0.3) is 0 Å². The molecule has 0 bridgehead atoms. The zero-order chi connectivity index (χ0) is 18.8. The van der Waals surface area contributed by atoms with Gasteiger partial charge in [-0.25, -0.2) is 8.42 Å². The molecule has 0 aliphatic carbocycles. The van der Waals surface area contributed by atoms with Gasteiger partial charge >= 0.3 is 0 Å². The van der Waals surface area contributed by atoms with Gasteiger partial charge < -0.3 is 14.4 Å². The molecule has 1 heterocycles. The summed E-state index contributed by atoms with van der Waals surface area (Å²) in [4.78, 5) is 14.7. The average Bonchev–Trinajstić information content (AvgIpc) is 2.67. The highest BCUT2D eigenvalue weighted by Crippen LogP contribution is 2.20. The number of amides is 1. The predicted molar refractivity (Wildman–Crippen MR) is 99.2 cm³/mol. The number of benzene rings is 1. The quantitative estimate of drug-likeness (QED) is 0.615. The van der Waals surface area contributed by atoms with Crippen LogP contribution in [0.2, 0.25) is 0 Å². The smallest absolute Gasteiger partial charge is 0.245 e. The highest BCUT2D eigenvalue weighted by Gasteiger charge is 2.30. The van der Waals surface area contributed by atoms with Crippen LogP contribution in [0, 0.1) is 0 Å². The van der Waals surface area contributed by atoms with Gasteiger partial charge in [0.05, 0.1) is 25.6 Å². The first-order chi connectivity index (χ1) is 12.5. The summed E-state index contributed by atoms with van der Waals surface area (Å²) in [6.07, 6.45) is 3.00. The monoisotopic (exact) mass is 384 g/mol. The molecule has 0 radical (unpaired) electrons. The maximum absolute atomic E-state index is 12.9. The van der Waals surface area contributed by atoms with Crippen molar-refractivity contribution in [2.45, 2.75) is 25.3 Å². The molecule has 7 nitrogen and oxygen atoms in total. The van der Waals surface area contributed by atoms with Gasteiger partial charge in [-0.2, -0.15) is 4.72 Å². The minimum Gasteiger partial charge on any atom is -0.382 e. The molecule has 1 unspecified atom stereocenters. The first kappa shape index (κ1) is 20.8. The predicted octanol–water partition coefficient (Wildman–Crippen LogP) is 1.32. The van der Waals surface area contributed by atoms with E-state index in [1.807, 2.05) is 6.07 Å². The molecular weight excluding hydrogens is 356 g/mol. The van der Waals surface area contributed by atoms with E-state index in [9.17, 15) is 13.2 Å². The van der Waals surface area contributed by atoms with Gasteiger partial charge in [0.25, 0.3) is 0 Å². The van der Waals surface area contributed by atoms with Crippen LogP contribution in [0.5, 0.6) is 0 Å². The van der Waals surface area contributed by atoms with Crippen LogP contribution in [-0.2, 0) is 24.3 Å². The van der Waals surface area contributed by atoms with Crippen LogP contribution in [0.3, 0.4) is 0 Å². The molecule has 0 aromatic heterocycles. The van der Waals surface area contributed by atoms with E-state index in [2.05, 4.69) is 4.72 Å². The van der Waals surface area contributed by atoms with Gasteiger partial charge in [0.15, 0.2) is 0 Å². The lowest BCUT2D eigenvalue weighted by Crippen LogP contribution is -2.45. The molecule has 26 heavy (non-hydrogen) atoms. The van der Waals surface area contributed by atoms with E-state index in [4.69, 9.17) is 9.47 Å². The molecule has 1 aromatic rings.